The molecule has 1 amide bonds. The molecule has 1 aliphatic carbocycles. The Balaban J connectivity index is 1.75. The summed E-state index contributed by atoms with van der Waals surface area (Å²) in [4.78, 5) is 23.9. The second-order valence-corrected chi connectivity index (χ2v) is 7.11. The van der Waals surface area contributed by atoms with Gasteiger partial charge in [0, 0.05) is 17.2 Å². The number of carbonyl (C=O) groups is 1. The fourth-order valence-electron chi connectivity index (χ4n) is 2.47. The Bertz CT molecular complexity index is 873. The van der Waals surface area contributed by atoms with E-state index >= 15 is 0 Å². The molecule has 0 radical (unpaired) electrons. The Kier molecular flexibility index (Phi) is 6.12. The van der Waals surface area contributed by atoms with E-state index in [1.165, 1.54) is 18.6 Å². The van der Waals surface area contributed by atoms with E-state index in [9.17, 15) is 4.79 Å². The number of oxime groups is 2. The van der Waals surface area contributed by atoms with Gasteiger partial charge in [0.1, 0.15) is 25.1 Å². The molecule has 0 atom stereocenters. The highest BCUT2D eigenvalue weighted by molar-refractivity contribution is 7.05. The van der Waals surface area contributed by atoms with Gasteiger partial charge in [-0.1, -0.05) is 39.1 Å². The summed E-state index contributed by atoms with van der Waals surface area (Å²) in [7, 11) is 1.42. The minimum Gasteiger partial charge on any atom is -0.398 e. The van der Waals surface area contributed by atoms with Gasteiger partial charge in [-0.05, 0) is 38.2 Å². The molecule has 9 heteroatoms. The van der Waals surface area contributed by atoms with Crippen molar-refractivity contribution >= 4 is 28.9 Å². The zero-order valence-corrected chi connectivity index (χ0v) is 16.2. The minimum atomic E-state index is -0.254. The third-order valence-corrected chi connectivity index (χ3v) is 4.63. The van der Waals surface area contributed by atoms with Crippen LogP contribution in [0.4, 0.5) is 0 Å². The number of carbonyl (C=O) groups excluding carboxylic acids is 1. The second-order valence-electron chi connectivity index (χ2n) is 6.16. The van der Waals surface area contributed by atoms with Crippen LogP contribution in [0.1, 0.15) is 41.5 Å². The third-order valence-electron chi connectivity index (χ3n) is 4.00. The zero-order chi connectivity index (χ0) is 19.2. The first-order chi connectivity index (χ1) is 13.1. The van der Waals surface area contributed by atoms with Crippen molar-refractivity contribution in [1.29, 1.82) is 0 Å². The average Bonchev–Trinajstić information content (AvgIpc) is 3.37. The molecule has 0 unspecified atom stereocenters. The lowest BCUT2D eigenvalue weighted by Crippen LogP contribution is -2.34. The van der Waals surface area contributed by atoms with Crippen LogP contribution in [-0.4, -0.2) is 40.1 Å². The van der Waals surface area contributed by atoms with Gasteiger partial charge in [0.15, 0.2) is 5.71 Å². The maximum Gasteiger partial charge on any atom is 0.274 e. The molecule has 27 heavy (non-hydrogen) atoms. The molecule has 1 N–H and O–H groups in total. The van der Waals surface area contributed by atoms with Gasteiger partial charge in [0.25, 0.3) is 5.91 Å². The summed E-state index contributed by atoms with van der Waals surface area (Å²) in [6.45, 7) is 3.93. The molecule has 0 aliphatic heterocycles. The highest BCUT2D eigenvalue weighted by Crippen LogP contribution is 2.20. The number of amides is 1. The van der Waals surface area contributed by atoms with Crippen LogP contribution in [-0.2, 0) is 21.1 Å². The molecule has 142 valence electrons. The number of rotatable bonds is 8. The Hall–Kier alpha value is -2.81. The third kappa shape index (κ3) is 4.88. The lowest BCUT2D eigenvalue weighted by Gasteiger charge is -2.11. The highest BCUT2D eigenvalue weighted by atomic mass is 32.1. The summed E-state index contributed by atoms with van der Waals surface area (Å²) >= 11 is 1.32. The second kappa shape index (κ2) is 8.72. The van der Waals surface area contributed by atoms with Crippen molar-refractivity contribution in [3.63, 3.8) is 0 Å². The van der Waals surface area contributed by atoms with Crippen LogP contribution in [0.5, 0.6) is 0 Å². The highest BCUT2D eigenvalue weighted by Gasteiger charge is 2.27. The molecule has 2 aromatic rings. The van der Waals surface area contributed by atoms with Gasteiger partial charge in [0.2, 0.25) is 0 Å². The van der Waals surface area contributed by atoms with E-state index in [-0.39, 0.29) is 24.3 Å². The molecule has 1 saturated carbocycles. The Morgan fingerprint density at radius 2 is 2.11 bits per heavy atom. The summed E-state index contributed by atoms with van der Waals surface area (Å²) in [6, 6.07) is 7.62. The van der Waals surface area contributed by atoms with E-state index in [2.05, 4.69) is 25.2 Å². The average molecular weight is 387 g/mol. The van der Waals surface area contributed by atoms with E-state index in [1.807, 2.05) is 38.1 Å². The van der Waals surface area contributed by atoms with Gasteiger partial charge in [-0.15, -0.1) is 5.10 Å². The van der Waals surface area contributed by atoms with Gasteiger partial charge < -0.3 is 15.0 Å². The summed E-state index contributed by atoms with van der Waals surface area (Å²) in [5.74, 6) is -0.254. The van der Waals surface area contributed by atoms with Crippen molar-refractivity contribution < 1.29 is 14.5 Å². The Morgan fingerprint density at radius 1 is 1.33 bits per heavy atom. The monoisotopic (exact) mass is 387 g/mol. The summed E-state index contributed by atoms with van der Waals surface area (Å²) in [5, 5.41) is 15.0. The van der Waals surface area contributed by atoms with Crippen LogP contribution in [0.25, 0.3) is 0 Å². The van der Waals surface area contributed by atoms with Gasteiger partial charge in [-0.25, -0.2) is 0 Å². The fourth-order valence-corrected chi connectivity index (χ4v) is 2.99. The molecule has 1 aromatic carbocycles. The minimum absolute atomic E-state index is 0.184. The van der Waals surface area contributed by atoms with Crippen molar-refractivity contribution in [1.82, 2.24) is 14.9 Å². The first kappa shape index (κ1) is 19.0. The first-order valence-corrected chi connectivity index (χ1v) is 9.33. The summed E-state index contributed by atoms with van der Waals surface area (Å²) in [5.41, 5.74) is 3.03. The van der Waals surface area contributed by atoms with Crippen LogP contribution in [0.3, 0.4) is 0 Å². The quantitative estimate of drug-likeness (QED) is 0.554. The Morgan fingerprint density at radius 3 is 2.78 bits per heavy atom. The van der Waals surface area contributed by atoms with E-state index in [4.69, 9.17) is 9.68 Å². The number of hydrogen-bond donors (Lipinski definition) is 1. The van der Waals surface area contributed by atoms with Gasteiger partial charge in [0.05, 0.1) is 4.88 Å². The molecular weight excluding hydrogens is 366 g/mol. The normalized spacial score (nSPS) is 14.8. The molecule has 0 spiro atoms. The van der Waals surface area contributed by atoms with E-state index in [0.717, 1.165) is 29.0 Å². The topological polar surface area (TPSA) is 98.1 Å². The van der Waals surface area contributed by atoms with Crippen LogP contribution >= 0.6 is 11.5 Å². The zero-order valence-electron chi connectivity index (χ0n) is 15.4. The predicted molar refractivity (Wildman–Crippen MR) is 103 cm³/mol. The van der Waals surface area contributed by atoms with E-state index in [0.29, 0.717) is 11.3 Å². The number of benzene rings is 1. The van der Waals surface area contributed by atoms with Crippen molar-refractivity contribution in [2.75, 3.05) is 7.11 Å². The largest absolute Gasteiger partial charge is 0.398 e. The predicted octanol–water partition coefficient (Wildman–Crippen LogP) is 2.42. The maximum atomic E-state index is 12.5. The van der Waals surface area contributed by atoms with Crippen LogP contribution < -0.4 is 5.32 Å². The molecule has 3 rings (SSSR count). The van der Waals surface area contributed by atoms with Crippen molar-refractivity contribution in [2.24, 2.45) is 10.3 Å². The number of aromatic nitrogens is 2. The Labute approximate surface area is 161 Å². The molecule has 1 heterocycles. The van der Waals surface area contributed by atoms with Gasteiger partial charge in [-0.2, -0.15) is 0 Å². The van der Waals surface area contributed by atoms with Crippen LogP contribution in [0.15, 0.2) is 34.6 Å². The van der Waals surface area contributed by atoms with E-state index in [1.54, 1.807) is 0 Å². The molecule has 1 aliphatic rings. The molecule has 0 saturated heterocycles. The van der Waals surface area contributed by atoms with Gasteiger partial charge >= 0.3 is 0 Å². The molecule has 8 nitrogen and oxygen atoms in total. The lowest BCUT2D eigenvalue weighted by atomic mass is 10.0. The standard InChI is InChI=1S/C18H21N5O3S/c1-11(16-12(2)27-23-20-16)21-26-10-13-6-4-5-7-15(13)17(22-25-3)18(24)19-14-8-9-14/h4-7,14H,8-10H2,1-3H3,(H,19,24)/b21-11-,22-17-. The molecule has 1 fully saturated rings. The fraction of sp³-hybridized carbons (Fsp3) is 0.389. The summed E-state index contributed by atoms with van der Waals surface area (Å²) in [6.07, 6.45) is 1.99. The van der Waals surface area contributed by atoms with Crippen LogP contribution in [0, 0.1) is 6.92 Å². The van der Waals surface area contributed by atoms with Crippen molar-refractivity contribution in [3.05, 3.63) is 46.0 Å². The number of nitrogens with one attached hydrogen (secondary N) is 1. The summed E-state index contributed by atoms with van der Waals surface area (Å²) < 4.78 is 3.90. The van der Waals surface area contributed by atoms with Crippen molar-refractivity contribution in [3.8, 4) is 0 Å². The number of aryl methyl sites for hydroxylation is 1. The van der Waals surface area contributed by atoms with E-state index < -0.39 is 0 Å². The SMILES string of the molecule is CO/N=C(\C(=O)NC1CC1)c1ccccc1CO/N=C(/C)c1nnsc1C. The van der Waals surface area contributed by atoms with Gasteiger partial charge in [-0.3, -0.25) is 4.79 Å². The molecule has 1 aromatic heterocycles. The smallest absolute Gasteiger partial charge is 0.274 e. The number of nitrogens with zero attached hydrogens (tertiary/aromatic N) is 4. The maximum absolute atomic E-state index is 12.5. The molecule has 0 bridgehead atoms. The van der Waals surface area contributed by atoms with Crippen LogP contribution in [0.2, 0.25) is 0 Å². The lowest BCUT2D eigenvalue weighted by molar-refractivity contribution is -0.115. The van der Waals surface area contributed by atoms with Crippen molar-refractivity contribution in [2.45, 2.75) is 39.3 Å². The molecular formula is C18H21N5O3S. The number of hydrogen-bond acceptors (Lipinski definition) is 8. The first-order valence-electron chi connectivity index (χ1n) is 8.56.